The first-order chi connectivity index (χ1) is 7.77. The number of nitrogen functional groups attached to an aromatic ring is 1. The van der Waals surface area contributed by atoms with E-state index < -0.39 is 0 Å². The van der Waals surface area contributed by atoms with Crippen molar-refractivity contribution in [3.05, 3.63) is 23.9 Å². The normalized spacial score (nSPS) is 22.9. The van der Waals surface area contributed by atoms with Crippen LogP contribution in [0.25, 0.3) is 0 Å². The summed E-state index contributed by atoms with van der Waals surface area (Å²) in [5, 5.41) is 0. The summed E-state index contributed by atoms with van der Waals surface area (Å²) in [6.45, 7) is 1.65. The maximum absolute atomic E-state index is 6.19. The minimum atomic E-state index is 0.117. The third-order valence-corrected chi connectivity index (χ3v) is 3.18. The van der Waals surface area contributed by atoms with Crippen LogP contribution in [0.2, 0.25) is 0 Å². The van der Waals surface area contributed by atoms with Gasteiger partial charge in [-0.25, -0.2) is 4.98 Å². The lowest BCUT2D eigenvalue weighted by Crippen LogP contribution is -2.37. The molecule has 0 aromatic carbocycles. The Labute approximate surface area is 96.0 Å². The van der Waals surface area contributed by atoms with Crippen LogP contribution in [0.1, 0.15) is 18.4 Å². The molecule has 0 radical (unpaired) electrons. The summed E-state index contributed by atoms with van der Waals surface area (Å²) in [5.74, 6) is 1.04. The van der Waals surface area contributed by atoms with Gasteiger partial charge in [0.1, 0.15) is 5.82 Å². The number of nitrogens with zero attached hydrogens (tertiary/aromatic N) is 1. The summed E-state index contributed by atoms with van der Waals surface area (Å²) in [6.07, 6.45) is 4.75. The van der Waals surface area contributed by atoms with Crippen molar-refractivity contribution in [3.63, 3.8) is 0 Å². The van der Waals surface area contributed by atoms with Crippen LogP contribution in [-0.4, -0.2) is 24.2 Å². The number of ether oxygens (including phenoxy) is 1. The molecule has 16 heavy (non-hydrogen) atoms. The van der Waals surface area contributed by atoms with Gasteiger partial charge in [-0.3, -0.25) is 0 Å². The van der Waals surface area contributed by atoms with Crippen LogP contribution in [0.5, 0.6) is 0 Å². The second-order valence-corrected chi connectivity index (χ2v) is 4.39. The van der Waals surface area contributed by atoms with Crippen LogP contribution in [0, 0.1) is 5.92 Å². The van der Waals surface area contributed by atoms with Crippen molar-refractivity contribution in [2.75, 3.05) is 18.9 Å². The lowest BCUT2D eigenvalue weighted by atomic mass is 9.90. The van der Waals surface area contributed by atoms with Gasteiger partial charge in [-0.05, 0) is 36.8 Å². The SMILES string of the molecule is Nc1ncccc1CC(N)C1CCCOC1. The number of nitrogens with two attached hydrogens (primary N) is 2. The molecule has 2 rings (SSSR count). The molecule has 0 bridgehead atoms. The fourth-order valence-electron chi connectivity index (χ4n) is 2.15. The van der Waals surface area contributed by atoms with Crippen molar-refractivity contribution in [1.82, 2.24) is 4.98 Å². The molecule has 1 aromatic rings. The average Bonchev–Trinajstić information content (AvgIpc) is 2.33. The van der Waals surface area contributed by atoms with E-state index in [0.29, 0.717) is 11.7 Å². The summed E-state index contributed by atoms with van der Waals surface area (Å²) in [6, 6.07) is 4.01. The van der Waals surface area contributed by atoms with Gasteiger partial charge in [0.15, 0.2) is 0 Å². The fourth-order valence-corrected chi connectivity index (χ4v) is 2.15. The Hall–Kier alpha value is -1.13. The van der Waals surface area contributed by atoms with Crippen molar-refractivity contribution in [1.29, 1.82) is 0 Å². The van der Waals surface area contributed by atoms with Crippen molar-refractivity contribution in [3.8, 4) is 0 Å². The van der Waals surface area contributed by atoms with Gasteiger partial charge in [0.05, 0.1) is 6.61 Å². The Morgan fingerprint density at radius 1 is 1.56 bits per heavy atom. The standard InChI is InChI=1S/C12H19N3O/c13-11(10-4-2-6-16-8-10)7-9-3-1-5-15-12(9)14/h1,3,5,10-11H,2,4,6-8,13H2,(H2,14,15). The van der Waals surface area contributed by atoms with Crippen LogP contribution in [-0.2, 0) is 11.2 Å². The van der Waals surface area contributed by atoms with Crippen LogP contribution in [0.15, 0.2) is 18.3 Å². The van der Waals surface area contributed by atoms with Crippen molar-refractivity contribution >= 4 is 5.82 Å². The minimum absolute atomic E-state index is 0.117. The number of aromatic nitrogens is 1. The van der Waals surface area contributed by atoms with E-state index in [9.17, 15) is 0 Å². The molecule has 1 aromatic heterocycles. The predicted octanol–water partition coefficient (Wildman–Crippen LogP) is 0.960. The highest BCUT2D eigenvalue weighted by atomic mass is 16.5. The molecule has 2 atom stereocenters. The molecule has 88 valence electrons. The number of hydrogen-bond acceptors (Lipinski definition) is 4. The maximum atomic E-state index is 6.19. The fraction of sp³-hybridized carbons (Fsp3) is 0.583. The Kier molecular flexibility index (Phi) is 3.74. The maximum Gasteiger partial charge on any atom is 0.126 e. The number of rotatable bonds is 3. The summed E-state index contributed by atoms with van der Waals surface area (Å²) in [4.78, 5) is 4.07. The Bertz CT molecular complexity index is 337. The molecule has 0 aliphatic carbocycles. The van der Waals surface area contributed by atoms with Gasteiger partial charge in [-0.1, -0.05) is 6.07 Å². The molecule has 4 nitrogen and oxygen atoms in total. The highest BCUT2D eigenvalue weighted by molar-refractivity contribution is 5.38. The zero-order chi connectivity index (χ0) is 11.4. The van der Waals surface area contributed by atoms with Crippen molar-refractivity contribution < 1.29 is 4.74 Å². The van der Waals surface area contributed by atoms with Gasteiger partial charge in [0.25, 0.3) is 0 Å². The molecule has 1 saturated heterocycles. The summed E-state index contributed by atoms with van der Waals surface area (Å²) in [5.41, 5.74) is 13.0. The van der Waals surface area contributed by atoms with E-state index in [1.807, 2.05) is 12.1 Å². The van der Waals surface area contributed by atoms with E-state index in [-0.39, 0.29) is 6.04 Å². The molecule has 4 heteroatoms. The topological polar surface area (TPSA) is 74.2 Å². The van der Waals surface area contributed by atoms with Crippen molar-refractivity contribution in [2.24, 2.45) is 11.7 Å². The molecule has 1 aliphatic rings. The van der Waals surface area contributed by atoms with Gasteiger partial charge in [-0.2, -0.15) is 0 Å². The second kappa shape index (κ2) is 5.27. The second-order valence-electron chi connectivity index (χ2n) is 4.39. The molecule has 0 amide bonds. The van der Waals surface area contributed by atoms with Crippen LogP contribution in [0.4, 0.5) is 5.82 Å². The Morgan fingerprint density at radius 3 is 3.12 bits per heavy atom. The smallest absolute Gasteiger partial charge is 0.126 e. The van der Waals surface area contributed by atoms with E-state index in [2.05, 4.69) is 4.98 Å². The quantitative estimate of drug-likeness (QED) is 0.797. The average molecular weight is 221 g/mol. The molecule has 4 N–H and O–H groups in total. The number of anilines is 1. The molecule has 2 unspecified atom stereocenters. The van der Waals surface area contributed by atoms with Gasteiger partial charge in [-0.15, -0.1) is 0 Å². The van der Waals surface area contributed by atoms with Gasteiger partial charge >= 0.3 is 0 Å². The third kappa shape index (κ3) is 2.71. The van der Waals surface area contributed by atoms with E-state index in [1.165, 1.54) is 0 Å². The lowest BCUT2D eigenvalue weighted by Gasteiger charge is -2.27. The number of hydrogen-bond donors (Lipinski definition) is 2. The minimum Gasteiger partial charge on any atom is -0.383 e. The van der Waals surface area contributed by atoms with Crippen LogP contribution in [0.3, 0.4) is 0 Å². The molecule has 0 saturated carbocycles. The third-order valence-electron chi connectivity index (χ3n) is 3.18. The molecule has 2 heterocycles. The summed E-state index contributed by atoms with van der Waals surface area (Å²) in [7, 11) is 0. The van der Waals surface area contributed by atoms with Crippen molar-refractivity contribution in [2.45, 2.75) is 25.3 Å². The Morgan fingerprint density at radius 2 is 2.44 bits per heavy atom. The van der Waals surface area contributed by atoms with Crippen LogP contribution < -0.4 is 11.5 Å². The molecule has 1 aliphatic heterocycles. The molecular weight excluding hydrogens is 202 g/mol. The summed E-state index contributed by atoms with van der Waals surface area (Å²) >= 11 is 0. The van der Waals surface area contributed by atoms with E-state index >= 15 is 0 Å². The first kappa shape index (κ1) is 11.4. The largest absolute Gasteiger partial charge is 0.383 e. The highest BCUT2D eigenvalue weighted by Crippen LogP contribution is 2.20. The predicted molar refractivity (Wildman–Crippen MR) is 63.9 cm³/mol. The monoisotopic (exact) mass is 221 g/mol. The first-order valence-electron chi connectivity index (χ1n) is 5.80. The first-order valence-corrected chi connectivity index (χ1v) is 5.80. The van der Waals surface area contributed by atoms with E-state index in [0.717, 1.165) is 38.0 Å². The van der Waals surface area contributed by atoms with Gasteiger partial charge in [0.2, 0.25) is 0 Å². The number of pyridine rings is 1. The summed E-state index contributed by atoms with van der Waals surface area (Å²) < 4.78 is 5.44. The van der Waals surface area contributed by atoms with E-state index in [1.54, 1.807) is 6.20 Å². The molecular formula is C12H19N3O. The highest BCUT2D eigenvalue weighted by Gasteiger charge is 2.21. The van der Waals surface area contributed by atoms with E-state index in [4.69, 9.17) is 16.2 Å². The van der Waals surface area contributed by atoms with Gasteiger partial charge < -0.3 is 16.2 Å². The molecule has 0 spiro atoms. The Balaban J connectivity index is 1.96. The van der Waals surface area contributed by atoms with Gasteiger partial charge in [0, 0.05) is 18.8 Å². The zero-order valence-electron chi connectivity index (χ0n) is 9.43. The van der Waals surface area contributed by atoms with Crippen LogP contribution >= 0.6 is 0 Å². The lowest BCUT2D eigenvalue weighted by molar-refractivity contribution is 0.0450. The molecule has 1 fully saturated rings. The zero-order valence-corrected chi connectivity index (χ0v) is 9.43.